The lowest BCUT2D eigenvalue weighted by atomic mass is 9.98. The molecule has 0 bridgehead atoms. The van der Waals surface area contributed by atoms with Crippen LogP contribution in [-0.4, -0.2) is 11.5 Å². The molecule has 2 heteroatoms. The van der Waals surface area contributed by atoms with Crippen LogP contribution >= 0.6 is 0 Å². The Morgan fingerprint density at radius 2 is 1.70 bits per heavy atom. The van der Waals surface area contributed by atoms with Crippen LogP contribution in [0.2, 0.25) is 0 Å². The van der Waals surface area contributed by atoms with E-state index in [2.05, 4.69) is 62.3 Å². The van der Waals surface area contributed by atoms with Crippen LogP contribution in [0, 0.1) is 20.8 Å². The van der Waals surface area contributed by atoms with Crippen molar-refractivity contribution in [3.63, 3.8) is 0 Å². The van der Waals surface area contributed by atoms with Gasteiger partial charge in [0.25, 0.3) is 0 Å². The molecule has 0 fully saturated rings. The van der Waals surface area contributed by atoms with Crippen molar-refractivity contribution in [2.45, 2.75) is 40.2 Å². The van der Waals surface area contributed by atoms with Crippen molar-refractivity contribution >= 4 is 0 Å². The number of aryl methyl sites for hydroxylation is 3. The molecule has 0 aliphatic rings. The molecule has 1 heterocycles. The summed E-state index contributed by atoms with van der Waals surface area (Å²) in [6.45, 7) is 9.52. The molecule has 2 rings (SSSR count). The minimum Gasteiger partial charge on any atom is -0.309 e. The summed E-state index contributed by atoms with van der Waals surface area (Å²) >= 11 is 0. The Morgan fingerprint density at radius 1 is 1.00 bits per heavy atom. The standard InChI is InChI=1S/C18H24N2/c1-5-19-18(17-11-13(2)6-7-20-17)12-16-9-14(3)8-15(4)10-16/h6-11,18-19H,5,12H2,1-4H3. The van der Waals surface area contributed by atoms with E-state index >= 15 is 0 Å². The Morgan fingerprint density at radius 3 is 2.30 bits per heavy atom. The Balaban J connectivity index is 2.25. The van der Waals surface area contributed by atoms with Gasteiger partial charge >= 0.3 is 0 Å². The van der Waals surface area contributed by atoms with Gasteiger partial charge in [0, 0.05) is 6.20 Å². The maximum Gasteiger partial charge on any atom is 0.0579 e. The molecule has 1 N–H and O–H groups in total. The minimum absolute atomic E-state index is 0.279. The highest BCUT2D eigenvalue weighted by Crippen LogP contribution is 2.19. The van der Waals surface area contributed by atoms with Gasteiger partial charge in [0.2, 0.25) is 0 Å². The summed E-state index contributed by atoms with van der Waals surface area (Å²) in [6, 6.07) is 11.3. The second-order valence-electron chi connectivity index (χ2n) is 5.57. The van der Waals surface area contributed by atoms with Crippen molar-refractivity contribution in [1.29, 1.82) is 0 Å². The van der Waals surface area contributed by atoms with E-state index < -0.39 is 0 Å². The van der Waals surface area contributed by atoms with Gasteiger partial charge in [0.15, 0.2) is 0 Å². The van der Waals surface area contributed by atoms with Gasteiger partial charge in [0.05, 0.1) is 11.7 Å². The molecule has 0 amide bonds. The number of nitrogens with one attached hydrogen (secondary N) is 1. The molecule has 0 aliphatic heterocycles. The average Bonchev–Trinajstić information content (AvgIpc) is 2.37. The lowest BCUT2D eigenvalue weighted by Gasteiger charge is -2.18. The van der Waals surface area contributed by atoms with Gasteiger partial charge in [-0.25, -0.2) is 0 Å². The molecule has 0 aliphatic carbocycles. The SMILES string of the molecule is CCNC(Cc1cc(C)cc(C)c1)c1cc(C)ccn1. The molecule has 20 heavy (non-hydrogen) atoms. The summed E-state index contributed by atoms with van der Waals surface area (Å²) in [7, 11) is 0. The number of hydrogen-bond donors (Lipinski definition) is 1. The normalized spacial score (nSPS) is 12.4. The van der Waals surface area contributed by atoms with E-state index in [1.54, 1.807) is 0 Å². The molecular weight excluding hydrogens is 244 g/mol. The third kappa shape index (κ3) is 3.91. The maximum absolute atomic E-state index is 4.54. The van der Waals surface area contributed by atoms with Crippen LogP contribution in [0.15, 0.2) is 36.5 Å². The number of hydrogen-bond acceptors (Lipinski definition) is 2. The predicted octanol–water partition coefficient (Wildman–Crippen LogP) is 3.90. The van der Waals surface area contributed by atoms with E-state index in [1.807, 2.05) is 12.3 Å². The van der Waals surface area contributed by atoms with Crippen molar-refractivity contribution in [2.75, 3.05) is 6.54 Å². The van der Waals surface area contributed by atoms with Gasteiger partial charge in [-0.15, -0.1) is 0 Å². The zero-order chi connectivity index (χ0) is 14.5. The zero-order valence-corrected chi connectivity index (χ0v) is 12.9. The van der Waals surface area contributed by atoms with Gasteiger partial charge in [0.1, 0.15) is 0 Å². The van der Waals surface area contributed by atoms with Crippen LogP contribution in [0.1, 0.15) is 40.9 Å². The molecule has 2 nitrogen and oxygen atoms in total. The van der Waals surface area contributed by atoms with Crippen LogP contribution < -0.4 is 5.32 Å². The minimum atomic E-state index is 0.279. The highest BCUT2D eigenvalue weighted by molar-refractivity contribution is 5.30. The second kappa shape index (κ2) is 6.67. The van der Waals surface area contributed by atoms with E-state index in [4.69, 9.17) is 0 Å². The fourth-order valence-electron chi connectivity index (χ4n) is 2.70. The number of rotatable bonds is 5. The van der Waals surface area contributed by atoms with Gasteiger partial charge in [-0.05, 0) is 57.0 Å². The average molecular weight is 268 g/mol. The Kier molecular flexibility index (Phi) is 4.91. The molecule has 2 aromatic rings. The van der Waals surface area contributed by atoms with Crippen molar-refractivity contribution in [2.24, 2.45) is 0 Å². The predicted molar refractivity (Wildman–Crippen MR) is 85.0 cm³/mol. The first-order valence-corrected chi connectivity index (χ1v) is 7.31. The summed E-state index contributed by atoms with van der Waals surface area (Å²) in [4.78, 5) is 4.54. The van der Waals surface area contributed by atoms with E-state index in [1.165, 1.54) is 22.3 Å². The molecular formula is C18H24N2. The Bertz CT molecular complexity index is 555. The Labute approximate surface area is 122 Å². The van der Waals surface area contributed by atoms with Crippen LogP contribution in [0.25, 0.3) is 0 Å². The first kappa shape index (κ1) is 14.7. The molecule has 0 radical (unpaired) electrons. The fourth-order valence-corrected chi connectivity index (χ4v) is 2.70. The Hall–Kier alpha value is -1.67. The van der Waals surface area contributed by atoms with Gasteiger partial charge in [-0.2, -0.15) is 0 Å². The first-order valence-electron chi connectivity index (χ1n) is 7.31. The second-order valence-corrected chi connectivity index (χ2v) is 5.57. The lowest BCUT2D eigenvalue weighted by Crippen LogP contribution is -2.24. The quantitative estimate of drug-likeness (QED) is 0.889. The number of aromatic nitrogens is 1. The lowest BCUT2D eigenvalue weighted by molar-refractivity contribution is 0.536. The first-order chi connectivity index (χ1) is 9.58. The van der Waals surface area contributed by atoms with Crippen molar-refractivity contribution < 1.29 is 0 Å². The number of likely N-dealkylation sites (N-methyl/N-ethyl adjacent to an activating group) is 1. The van der Waals surface area contributed by atoms with E-state index in [0.29, 0.717) is 0 Å². The van der Waals surface area contributed by atoms with E-state index in [-0.39, 0.29) is 6.04 Å². The van der Waals surface area contributed by atoms with Gasteiger partial charge in [-0.3, -0.25) is 4.98 Å². The molecule has 0 saturated heterocycles. The molecule has 1 unspecified atom stereocenters. The highest BCUT2D eigenvalue weighted by atomic mass is 14.9. The van der Waals surface area contributed by atoms with Crippen molar-refractivity contribution in [1.82, 2.24) is 10.3 Å². The largest absolute Gasteiger partial charge is 0.309 e. The van der Waals surface area contributed by atoms with E-state index in [0.717, 1.165) is 18.7 Å². The van der Waals surface area contributed by atoms with Crippen LogP contribution in [0.4, 0.5) is 0 Å². The summed E-state index contributed by atoms with van der Waals surface area (Å²) in [5, 5.41) is 3.55. The maximum atomic E-state index is 4.54. The van der Waals surface area contributed by atoms with Crippen molar-refractivity contribution in [3.8, 4) is 0 Å². The van der Waals surface area contributed by atoms with Crippen LogP contribution in [0.3, 0.4) is 0 Å². The fraction of sp³-hybridized carbons (Fsp3) is 0.389. The number of benzene rings is 1. The third-order valence-electron chi connectivity index (χ3n) is 3.47. The molecule has 1 aromatic heterocycles. The molecule has 0 saturated carbocycles. The topological polar surface area (TPSA) is 24.9 Å². The molecule has 0 spiro atoms. The third-order valence-corrected chi connectivity index (χ3v) is 3.47. The van der Waals surface area contributed by atoms with Gasteiger partial charge < -0.3 is 5.32 Å². The summed E-state index contributed by atoms with van der Waals surface area (Å²) in [5.74, 6) is 0. The van der Waals surface area contributed by atoms with Crippen LogP contribution in [0.5, 0.6) is 0 Å². The molecule has 1 atom stereocenters. The summed E-state index contributed by atoms with van der Waals surface area (Å²) in [6.07, 6.45) is 2.88. The zero-order valence-electron chi connectivity index (χ0n) is 12.9. The summed E-state index contributed by atoms with van der Waals surface area (Å²) in [5.41, 5.74) is 6.42. The van der Waals surface area contributed by atoms with E-state index in [9.17, 15) is 0 Å². The monoisotopic (exact) mass is 268 g/mol. The smallest absolute Gasteiger partial charge is 0.0579 e. The van der Waals surface area contributed by atoms with Crippen LogP contribution in [-0.2, 0) is 6.42 Å². The number of pyridine rings is 1. The van der Waals surface area contributed by atoms with Gasteiger partial charge in [-0.1, -0.05) is 36.2 Å². The summed E-state index contributed by atoms with van der Waals surface area (Å²) < 4.78 is 0. The molecule has 1 aromatic carbocycles. The highest BCUT2D eigenvalue weighted by Gasteiger charge is 2.13. The number of nitrogens with zero attached hydrogens (tertiary/aromatic N) is 1. The molecule has 106 valence electrons. The van der Waals surface area contributed by atoms with Crippen molar-refractivity contribution in [3.05, 3.63) is 64.5 Å².